The molecule has 0 atom stereocenters. The molecular weight excluding hydrogens is 291 g/mol. The molecule has 1 rings (SSSR count). The van der Waals surface area contributed by atoms with Gasteiger partial charge in [-0.15, -0.1) is 0 Å². The van der Waals surface area contributed by atoms with E-state index in [1.54, 1.807) is 0 Å². The smallest absolute Gasteiger partial charge is 0.122 e. The van der Waals surface area contributed by atoms with Gasteiger partial charge in [0.15, 0.2) is 0 Å². The van der Waals surface area contributed by atoms with Crippen LogP contribution in [0.3, 0.4) is 0 Å². The maximum Gasteiger partial charge on any atom is 0.122 e. The number of halogens is 1. The summed E-state index contributed by atoms with van der Waals surface area (Å²) in [6, 6.07) is 7.22. The van der Waals surface area contributed by atoms with Crippen molar-refractivity contribution in [3.8, 4) is 5.75 Å². The molecule has 0 saturated heterocycles. The quantitative estimate of drug-likeness (QED) is 0.472. The van der Waals surface area contributed by atoms with Gasteiger partial charge in [0.1, 0.15) is 5.75 Å². The van der Waals surface area contributed by atoms with Crippen LogP contribution in [-0.4, -0.2) is 16.8 Å². The number of aryl methyl sites for hydroxylation is 1. The fourth-order valence-electron chi connectivity index (χ4n) is 1.03. The zero-order valence-corrected chi connectivity index (χ0v) is 10.8. The molecule has 0 unspecified atom stereocenters. The second-order valence-electron chi connectivity index (χ2n) is 2.86. The summed E-state index contributed by atoms with van der Waals surface area (Å²) in [7, 11) is 3.42. The molecule has 3 heteroatoms. The summed E-state index contributed by atoms with van der Waals surface area (Å²) in [6.45, 7) is 2.86. The molecule has 0 saturated carbocycles. The molecular formula is C10H12IOSi. The Balaban J connectivity index is 2.56. The molecule has 3 radical (unpaired) electrons. The third-order valence-corrected chi connectivity index (χ3v) is 2.74. The van der Waals surface area contributed by atoms with Crippen molar-refractivity contribution < 1.29 is 4.74 Å². The maximum absolute atomic E-state index is 5.60. The largest absolute Gasteiger partial charge is 0.493 e. The fourth-order valence-corrected chi connectivity index (χ4v) is 1.82. The van der Waals surface area contributed by atoms with Crippen LogP contribution >= 0.6 is 22.6 Å². The molecule has 0 aliphatic heterocycles. The highest BCUT2D eigenvalue weighted by atomic mass is 127. The first-order valence-electron chi connectivity index (χ1n) is 4.27. The Labute approximate surface area is 96.4 Å². The summed E-state index contributed by atoms with van der Waals surface area (Å²) in [6.07, 6.45) is 1.04. The summed E-state index contributed by atoms with van der Waals surface area (Å²) >= 11 is 2.30. The first kappa shape index (κ1) is 11.0. The van der Waals surface area contributed by atoms with E-state index in [1.807, 2.05) is 6.07 Å². The van der Waals surface area contributed by atoms with Crippen LogP contribution in [0.1, 0.15) is 12.0 Å². The molecule has 0 aromatic heterocycles. The van der Waals surface area contributed by atoms with Crippen LogP contribution in [0.2, 0.25) is 6.04 Å². The van der Waals surface area contributed by atoms with E-state index in [2.05, 4.69) is 51.9 Å². The molecule has 1 aromatic carbocycles. The van der Waals surface area contributed by atoms with Crippen LogP contribution in [0.5, 0.6) is 5.75 Å². The van der Waals surface area contributed by atoms with E-state index in [0.29, 0.717) is 0 Å². The van der Waals surface area contributed by atoms with E-state index in [-0.39, 0.29) is 0 Å². The van der Waals surface area contributed by atoms with Gasteiger partial charge >= 0.3 is 0 Å². The Kier molecular flexibility index (Phi) is 4.80. The van der Waals surface area contributed by atoms with Crippen molar-refractivity contribution in [3.63, 3.8) is 0 Å². The fraction of sp³-hybridized carbons (Fsp3) is 0.400. The van der Waals surface area contributed by atoms with E-state index in [1.165, 1.54) is 9.13 Å². The van der Waals surface area contributed by atoms with Gasteiger partial charge in [0, 0.05) is 13.8 Å². The van der Waals surface area contributed by atoms with Gasteiger partial charge in [0.05, 0.1) is 6.61 Å². The minimum absolute atomic E-state index is 0.783. The summed E-state index contributed by atoms with van der Waals surface area (Å²) in [5.74, 6) is 1.00. The van der Waals surface area contributed by atoms with Gasteiger partial charge in [0.2, 0.25) is 0 Å². The normalized spacial score (nSPS) is 10.1. The third kappa shape index (κ3) is 3.68. The highest BCUT2D eigenvalue weighted by Gasteiger charge is 1.98. The van der Waals surface area contributed by atoms with Crippen molar-refractivity contribution in [1.29, 1.82) is 0 Å². The maximum atomic E-state index is 5.60. The Morgan fingerprint density at radius 2 is 2.23 bits per heavy atom. The molecule has 0 fully saturated rings. The molecule has 69 valence electrons. The van der Waals surface area contributed by atoms with E-state index < -0.39 is 0 Å². The molecule has 0 aliphatic carbocycles. The number of ether oxygens (including phenoxy) is 1. The van der Waals surface area contributed by atoms with Gasteiger partial charge in [-0.2, -0.15) is 0 Å². The Hall–Kier alpha value is -0.0331. The number of hydrogen-bond acceptors (Lipinski definition) is 1. The van der Waals surface area contributed by atoms with Gasteiger partial charge in [-0.1, -0.05) is 6.04 Å². The topological polar surface area (TPSA) is 9.23 Å². The lowest BCUT2D eigenvalue weighted by molar-refractivity contribution is 0.315. The van der Waals surface area contributed by atoms with Crippen LogP contribution in [0.15, 0.2) is 18.2 Å². The van der Waals surface area contributed by atoms with Crippen LogP contribution in [0.25, 0.3) is 0 Å². The zero-order chi connectivity index (χ0) is 9.68. The lowest BCUT2D eigenvalue weighted by Gasteiger charge is -2.08. The van der Waals surface area contributed by atoms with E-state index in [4.69, 9.17) is 4.74 Å². The van der Waals surface area contributed by atoms with Crippen molar-refractivity contribution in [3.05, 3.63) is 27.3 Å². The lowest BCUT2D eigenvalue weighted by Crippen LogP contribution is -1.98. The second-order valence-corrected chi connectivity index (χ2v) is 4.61. The SMILES string of the molecule is Cc1cc(I)ccc1OCCC[Si]. The van der Waals surface area contributed by atoms with Crippen molar-refractivity contribution in [2.24, 2.45) is 0 Å². The van der Waals surface area contributed by atoms with Crippen molar-refractivity contribution >= 4 is 32.8 Å². The van der Waals surface area contributed by atoms with E-state index in [0.717, 1.165) is 24.8 Å². The average molecular weight is 303 g/mol. The predicted molar refractivity (Wildman–Crippen MR) is 64.6 cm³/mol. The van der Waals surface area contributed by atoms with Crippen molar-refractivity contribution in [2.75, 3.05) is 6.61 Å². The first-order chi connectivity index (χ1) is 6.24. The zero-order valence-electron chi connectivity index (χ0n) is 7.64. The molecule has 0 amide bonds. The van der Waals surface area contributed by atoms with Gasteiger partial charge in [-0.25, -0.2) is 0 Å². The van der Waals surface area contributed by atoms with Gasteiger partial charge < -0.3 is 4.74 Å². The van der Waals surface area contributed by atoms with Crippen LogP contribution in [0.4, 0.5) is 0 Å². The van der Waals surface area contributed by atoms with Gasteiger partial charge in [-0.05, 0) is 59.7 Å². The van der Waals surface area contributed by atoms with Crippen molar-refractivity contribution in [1.82, 2.24) is 0 Å². The predicted octanol–water partition coefficient (Wildman–Crippen LogP) is 2.96. The number of benzene rings is 1. The van der Waals surface area contributed by atoms with Gasteiger partial charge in [-0.3, -0.25) is 0 Å². The minimum Gasteiger partial charge on any atom is -0.493 e. The Morgan fingerprint density at radius 3 is 2.85 bits per heavy atom. The third-order valence-electron chi connectivity index (χ3n) is 1.72. The molecule has 0 heterocycles. The standard InChI is InChI=1S/C10H12IOSi/c1-8-7-9(11)3-4-10(8)12-5-2-6-13/h3-4,7H,2,5-6H2,1H3. The molecule has 0 N–H and O–H groups in total. The Morgan fingerprint density at radius 1 is 1.46 bits per heavy atom. The first-order valence-corrected chi connectivity index (χ1v) is 6.06. The number of rotatable bonds is 4. The second kappa shape index (κ2) is 5.65. The number of hydrogen-bond donors (Lipinski definition) is 0. The summed E-state index contributed by atoms with van der Waals surface area (Å²) in [5, 5.41) is 0. The molecule has 1 aromatic rings. The molecule has 0 spiro atoms. The monoisotopic (exact) mass is 303 g/mol. The van der Waals surface area contributed by atoms with Gasteiger partial charge in [0.25, 0.3) is 0 Å². The Bertz CT molecular complexity index is 276. The summed E-state index contributed by atoms with van der Waals surface area (Å²) in [5.41, 5.74) is 1.21. The lowest BCUT2D eigenvalue weighted by atomic mass is 10.2. The molecule has 13 heavy (non-hydrogen) atoms. The van der Waals surface area contributed by atoms with E-state index in [9.17, 15) is 0 Å². The molecule has 1 nitrogen and oxygen atoms in total. The minimum atomic E-state index is 0.783. The summed E-state index contributed by atoms with van der Waals surface area (Å²) < 4.78 is 6.85. The van der Waals surface area contributed by atoms with Crippen LogP contribution in [-0.2, 0) is 0 Å². The molecule has 0 bridgehead atoms. The van der Waals surface area contributed by atoms with Crippen LogP contribution in [0, 0.1) is 10.5 Å². The highest BCUT2D eigenvalue weighted by molar-refractivity contribution is 14.1. The average Bonchev–Trinajstić information content (AvgIpc) is 2.09. The highest BCUT2D eigenvalue weighted by Crippen LogP contribution is 2.20. The van der Waals surface area contributed by atoms with Crippen molar-refractivity contribution in [2.45, 2.75) is 19.4 Å². The van der Waals surface area contributed by atoms with E-state index >= 15 is 0 Å². The molecule has 0 aliphatic rings. The van der Waals surface area contributed by atoms with Crippen LogP contribution < -0.4 is 4.74 Å². The summed E-state index contributed by atoms with van der Waals surface area (Å²) in [4.78, 5) is 0.